The maximum Gasteiger partial charge on any atom is 0.264 e. The molecule has 1 aromatic heterocycles. The van der Waals surface area contributed by atoms with Crippen LogP contribution in [0.1, 0.15) is 10.4 Å². The minimum absolute atomic E-state index is 0.0791. The molecule has 3 aromatic rings. The number of hydrogen-bond donors (Lipinski definition) is 2. The number of amides is 1. The van der Waals surface area contributed by atoms with Crippen molar-refractivity contribution in [3.05, 3.63) is 81.7 Å². The van der Waals surface area contributed by atoms with E-state index in [4.69, 9.17) is 11.6 Å². The lowest BCUT2D eigenvalue weighted by molar-refractivity contribution is 0.102. The van der Waals surface area contributed by atoms with Crippen molar-refractivity contribution in [3.63, 3.8) is 0 Å². The Morgan fingerprint density at radius 2 is 1.74 bits per heavy atom. The molecular weight excluding hydrogens is 314 g/mol. The first-order valence-corrected chi connectivity index (χ1v) is 7.23. The van der Waals surface area contributed by atoms with Crippen LogP contribution < -0.4 is 10.9 Å². The summed E-state index contributed by atoms with van der Waals surface area (Å²) < 4.78 is 0. The van der Waals surface area contributed by atoms with E-state index < -0.39 is 11.5 Å². The first-order valence-electron chi connectivity index (χ1n) is 6.86. The van der Waals surface area contributed by atoms with Gasteiger partial charge < -0.3 is 10.3 Å². The number of hydrogen-bond acceptors (Lipinski definition) is 3. The fourth-order valence-electron chi connectivity index (χ4n) is 2.05. The second-order valence-corrected chi connectivity index (χ2v) is 5.18. The van der Waals surface area contributed by atoms with Crippen LogP contribution in [0.15, 0.2) is 65.6 Å². The van der Waals surface area contributed by atoms with Crippen LogP contribution in [0.3, 0.4) is 0 Å². The molecule has 23 heavy (non-hydrogen) atoms. The largest absolute Gasteiger partial charge is 0.320 e. The lowest BCUT2D eigenvalue weighted by atomic mass is 10.2. The molecule has 0 spiro atoms. The van der Waals surface area contributed by atoms with Gasteiger partial charge in [0, 0.05) is 11.8 Å². The lowest BCUT2D eigenvalue weighted by Crippen LogP contribution is -2.24. The summed E-state index contributed by atoms with van der Waals surface area (Å²) in [5.74, 6) is -0.156. The zero-order valence-corrected chi connectivity index (χ0v) is 12.7. The summed E-state index contributed by atoms with van der Waals surface area (Å²) in [7, 11) is 0. The molecule has 3 rings (SSSR count). The summed E-state index contributed by atoms with van der Waals surface area (Å²) in [5.41, 5.74) is 0.612. The van der Waals surface area contributed by atoms with E-state index in [0.717, 1.165) is 5.56 Å². The standard InChI is InChI=1S/C17H12ClN3O2/c18-13-8-4-5-9-14(13)20-16(22)12-10-19-15(21-17(12)23)11-6-2-1-3-7-11/h1-10H,(H,20,22)(H,19,21,23). The minimum atomic E-state index is -0.563. The predicted octanol–water partition coefficient (Wildman–Crippen LogP) is 3.34. The van der Waals surface area contributed by atoms with Crippen LogP contribution in [0.2, 0.25) is 5.02 Å². The zero-order chi connectivity index (χ0) is 16.2. The molecule has 1 heterocycles. The van der Waals surface area contributed by atoms with Gasteiger partial charge in [-0.1, -0.05) is 54.1 Å². The summed E-state index contributed by atoms with van der Waals surface area (Å²) in [6.45, 7) is 0. The molecule has 5 nitrogen and oxygen atoms in total. The number of nitrogens with one attached hydrogen (secondary N) is 2. The molecule has 2 aromatic carbocycles. The normalized spacial score (nSPS) is 10.3. The zero-order valence-electron chi connectivity index (χ0n) is 11.9. The number of nitrogens with zero attached hydrogens (tertiary/aromatic N) is 1. The van der Waals surface area contributed by atoms with E-state index in [1.165, 1.54) is 6.20 Å². The fourth-order valence-corrected chi connectivity index (χ4v) is 2.23. The highest BCUT2D eigenvalue weighted by atomic mass is 35.5. The number of rotatable bonds is 3. The summed E-state index contributed by atoms with van der Waals surface area (Å²) in [6, 6.07) is 16.0. The number of carbonyl (C=O) groups is 1. The van der Waals surface area contributed by atoms with E-state index in [1.807, 2.05) is 30.3 Å². The molecule has 0 bridgehead atoms. The monoisotopic (exact) mass is 325 g/mol. The Balaban J connectivity index is 1.88. The van der Waals surface area contributed by atoms with E-state index in [-0.39, 0.29) is 5.56 Å². The van der Waals surface area contributed by atoms with Crippen LogP contribution in [0.4, 0.5) is 5.69 Å². The highest BCUT2D eigenvalue weighted by Crippen LogP contribution is 2.20. The molecule has 0 saturated carbocycles. The van der Waals surface area contributed by atoms with E-state index >= 15 is 0 Å². The number of aromatic nitrogens is 2. The number of halogens is 1. The highest BCUT2D eigenvalue weighted by Gasteiger charge is 2.13. The smallest absolute Gasteiger partial charge is 0.264 e. The molecule has 0 saturated heterocycles. The average molecular weight is 326 g/mol. The van der Waals surface area contributed by atoms with Crippen molar-refractivity contribution >= 4 is 23.2 Å². The highest BCUT2D eigenvalue weighted by molar-refractivity contribution is 6.33. The molecule has 0 aliphatic rings. The van der Waals surface area contributed by atoms with Crippen LogP contribution in [-0.2, 0) is 0 Å². The minimum Gasteiger partial charge on any atom is -0.320 e. The molecule has 0 aliphatic heterocycles. The third kappa shape index (κ3) is 3.30. The van der Waals surface area contributed by atoms with Crippen molar-refractivity contribution in [2.45, 2.75) is 0 Å². The van der Waals surface area contributed by atoms with Crippen LogP contribution in [-0.4, -0.2) is 15.9 Å². The van der Waals surface area contributed by atoms with Crippen LogP contribution >= 0.6 is 11.6 Å². The van der Waals surface area contributed by atoms with Gasteiger partial charge in [-0.3, -0.25) is 9.59 Å². The van der Waals surface area contributed by atoms with Gasteiger partial charge in [0.25, 0.3) is 11.5 Å². The SMILES string of the molecule is O=C(Nc1ccccc1Cl)c1cnc(-c2ccccc2)[nH]c1=O. The number of anilines is 1. The maximum atomic E-state index is 12.2. The van der Waals surface area contributed by atoms with E-state index in [1.54, 1.807) is 24.3 Å². The Bertz CT molecular complexity index is 907. The second kappa shape index (κ2) is 6.46. The van der Waals surface area contributed by atoms with Crippen molar-refractivity contribution in [1.29, 1.82) is 0 Å². The molecule has 0 aliphatic carbocycles. The fraction of sp³-hybridized carbons (Fsp3) is 0. The van der Waals surface area contributed by atoms with Gasteiger partial charge in [-0.15, -0.1) is 0 Å². The Kier molecular flexibility index (Phi) is 4.21. The topological polar surface area (TPSA) is 74.8 Å². The van der Waals surface area contributed by atoms with Crippen molar-refractivity contribution < 1.29 is 4.79 Å². The first-order chi connectivity index (χ1) is 11.1. The molecular formula is C17H12ClN3O2. The number of carbonyl (C=O) groups excluding carboxylic acids is 1. The molecule has 114 valence electrons. The number of para-hydroxylation sites is 1. The Labute approximate surface area is 137 Å². The molecule has 6 heteroatoms. The number of benzene rings is 2. The maximum absolute atomic E-state index is 12.2. The molecule has 0 fully saturated rings. The van der Waals surface area contributed by atoms with E-state index in [0.29, 0.717) is 16.5 Å². The van der Waals surface area contributed by atoms with E-state index in [9.17, 15) is 9.59 Å². The van der Waals surface area contributed by atoms with Gasteiger partial charge in [-0.2, -0.15) is 0 Å². The quantitative estimate of drug-likeness (QED) is 0.775. The van der Waals surface area contributed by atoms with Gasteiger partial charge >= 0.3 is 0 Å². The van der Waals surface area contributed by atoms with Crippen LogP contribution in [0.5, 0.6) is 0 Å². The van der Waals surface area contributed by atoms with Crippen LogP contribution in [0, 0.1) is 0 Å². The Morgan fingerprint density at radius 1 is 1.04 bits per heavy atom. The molecule has 0 radical (unpaired) electrons. The van der Waals surface area contributed by atoms with Crippen molar-refractivity contribution in [2.75, 3.05) is 5.32 Å². The third-order valence-electron chi connectivity index (χ3n) is 3.21. The molecule has 1 amide bonds. The average Bonchev–Trinajstić information content (AvgIpc) is 2.57. The van der Waals surface area contributed by atoms with Gasteiger partial charge in [0.05, 0.1) is 10.7 Å². The van der Waals surface area contributed by atoms with Gasteiger partial charge in [0.2, 0.25) is 0 Å². The van der Waals surface area contributed by atoms with Gasteiger partial charge in [-0.25, -0.2) is 4.98 Å². The van der Waals surface area contributed by atoms with Gasteiger partial charge in [0.1, 0.15) is 11.4 Å². The summed E-state index contributed by atoms with van der Waals surface area (Å²) in [4.78, 5) is 31.1. The van der Waals surface area contributed by atoms with Crippen molar-refractivity contribution in [1.82, 2.24) is 9.97 Å². The van der Waals surface area contributed by atoms with Gasteiger partial charge in [-0.05, 0) is 12.1 Å². The third-order valence-corrected chi connectivity index (χ3v) is 3.54. The first kappa shape index (κ1) is 15.0. The Hall–Kier alpha value is -2.92. The Morgan fingerprint density at radius 3 is 2.43 bits per heavy atom. The molecule has 2 N–H and O–H groups in total. The van der Waals surface area contributed by atoms with Crippen molar-refractivity contribution in [2.24, 2.45) is 0 Å². The van der Waals surface area contributed by atoms with Gasteiger partial charge in [0.15, 0.2) is 0 Å². The number of aromatic amines is 1. The van der Waals surface area contributed by atoms with E-state index in [2.05, 4.69) is 15.3 Å². The van der Waals surface area contributed by atoms with Crippen LogP contribution in [0.25, 0.3) is 11.4 Å². The molecule has 0 unspecified atom stereocenters. The molecule has 0 atom stereocenters. The summed E-state index contributed by atoms with van der Waals surface area (Å²) in [6.07, 6.45) is 1.26. The van der Waals surface area contributed by atoms with Crippen molar-refractivity contribution in [3.8, 4) is 11.4 Å². The second-order valence-electron chi connectivity index (χ2n) is 4.77. The lowest BCUT2D eigenvalue weighted by Gasteiger charge is -2.07. The summed E-state index contributed by atoms with van der Waals surface area (Å²) >= 11 is 5.98. The summed E-state index contributed by atoms with van der Waals surface area (Å²) in [5, 5.41) is 2.99. The predicted molar refractivity (Wildman–Crippen MR) is 89.7 cm³/mol. The number of H-pyrrole nitrogens is 1.